The van der Waals surface area contributed by atoms with Gasteiger partial charge >= 0.3 is 0 Å². The van der Waals surface area contributed by atoms with Crippen LogP contribution in [-0.2, 0) is 0 Å². The van der Waals surface area contributed by atoms with Crippen molar-refractivity contribution in [1.82, 2.24) is 19.4 Å². The van der Waals surface area contributed by atoms with E-state index in [0.717, 1.165) is 0 Å². The number of aromatic amines is 1. The van der Waals surface area contributed by atoms with Crippen molar-refractivity contribution >= 4 is 28.2 Å². The fourth-order valence-electron chi connectivity index (χ4n) is 1.99. The highest BCUT2D eigenvalue weighted by atomic mass is 32.1. The van der Waals surface area contributed by atoms with Crippen LogP contribution in [0.4, 0.5) is 5.95 Å². The highest BCUT2D eigenvalue weighted by Gasteiger charge is 2.16. The number of fused-ring (bicyclic) bond motifs is 1. The number of H-pyrrole nitrogens is 1. The zero-order valence-electron chi connectivity index (χ0n) is 11.7. The first-order chi connectivity index (χ1) is 10.5. The van der Waals surface area contributed by atoms with Gasteiger partial charge < -0.3 is 0 Å². The summed E-state index contributed by atoms with van der Waals surface area (Å²) in [5.74, 6) is -0.687. The largest absolute Gasteiger partial charge is 0.292 e. The van der Waals surface area contributed by atoms with Gasteiger partial charge in [0.15, 0.2) is 4.96 Å². The van der Waals surface area contributed by atoms with Crippen LogP contribution < -0.4 is 16.4 Å². The van der Waals surface area contributed by atoms with Crippen molar-refractivity contribution in [2.75, 3.05) is 5.32 Å². The Hall–Kier alpha value is -2.81. The Morgan fingerprint density at radius 2 is 2.14 bits per heavy atom. The van der Waals surface area contributed by atoms with Crippen LogP contribution in [0.25, 0.3) is 4.96 Å². The Morgan fingerprint density at radius 3 is 2.86 bits per heavy atom. The third kappa shape index (κ3) is 2.42. The molecule has 3 aromatic rings. The minimum atomic E-state index is -0.675. The van der Waals surface area contributed by atoms with E-state index < -0.39 is 11.5 Å². The number of amides is 1. The average Bonchev–Trinajstić information content (AvgIpc) is 2.80. The van der Waals surface area contributed by atoms with E-state index in [1.807, 2.05) is 0 Å². The van der Waals surface area contributed by atoms with Gasteiger partial charge in [0, 0.05) is 29.0 Å². The molecule has 0 aliphatic carbocycles. The molecule has 0 radical (unpaired) electrons. The first-order valence-corrected chi connectivity index (χ1v) is 7.19. The lowest BCUT2D eigenvalue weighted by Crippen LogP contribution is -2.28. The van der Waals surface area contributed by atoms with Gasteiger partial charge in [0.2, 0.25) is 5.95 Å². The van der Waals surface area contributed by atoms with Crippen LogP contribution in [0.3, 0.4) is 0 Å². The minimum absolute atomic E-state index is 0.0125. The van der Waals surface area contributed by atoms with Crippen molar-refractivity contribution in [3.8, 4) is 0 Å². The number of carbonyl (C=O) groups is 1. The van der Waals surface area contributed by atoms with E-state index in [0.29, 0.717) is 16.3 Å². The van der Waals surface area contributed by atoms with Gasteiger partial charge in [-0.25, -0.2) is 9.97 Å². The number of nitrogens with zero attached hydrogens (tertiary/aromatic N) is 3. The summed E-state index contributed by atoms with van der Waals surface area (Å²) < 4.78 is 1.37. The molecule has 0 atom stereocenters. The molecule has 8 nitrogen and oxygen atoms in total. The second kappa shape index (κ2) is 5.19. The highest BCUT2D eigenvalue weighted by molar-refractivity contribution is 7.15. The molecule has 0 aliphatic heterocycles. The van der Waals surface area contributed by atoms with Crippen LogP contribution in [-0.4, -0.2) is 25.3 Å². The van der Waals surface area contributed by atoms with Gasteiger partial charge in [-0.15, -0.1) is 11.3 Å². The van der Waals surface area contributed by atoms with Crippen LogP contribution in [0, 0.1) is 13.8 Å². The van der Waals surface area contributed by atoms with Crippen molar-refractivity contribution in [3.63, 3.8) is 0 Å². The molecule has 2 N–H and O–H groups in total. The topological polar surface area (TPSA) is 109 Å². The summed E-state index contributed by atoms with van der Waals surface area (Å²) in [4.78, 5) is 46.9. The first-order valence-electron chi connectivity index (χ1n) is 6.31. The van der Waals surface area contributed by atoms with Crippen molar-refractivity contribution in [1.29, 1.82) is 0 Å². The summed E-state index contributed by atoms with van der Waals surface area (Å²) in [6.07, 6.45) is 1.22. The quantitative estimate of drug-likeness (QED) is 0.723. The number of thiazole rings is 1. The molecule has 0 spiro atoms. The summed E-state index contributed by atoms with van der Waals surface area (Å²) >= 11 is 1.32. The lowest BCUT2D eigenvalue weighted by molar-refractivity contribution is 0.102. The van der Waals surface area contributed by atoms with E-state index in [9.17, 15) is 14.4 Å². The zero-order valence-corrected chi connectivity index (χ0v) is 12.5. The van der Waals surface area contributed by atoms with Gasteiger partial charge in [-0.3, -0.25) is 29.1 Å². The molecule has 112 valence electrons. The van der Waals surface area contributed by atoms with E-state index in [4.69, 9.17) is 0 Å². The number of nitrogens with one attached hydrogen (secondary N) is 2. The third-order valence-corrected chi connectivity index (χ3v) is 3.92. The Balaban J connectivity index is 2.02. The Bertz CT molecular complexity index is 1000. The molecule has 9 heteroatoms. The average molecular weight is 317 g/mol. The molecule has 0 aromatic carbocycles. The maximum atomic E-state index is 12.4. The lowest BCUT2D eigenvalue weighted by Gasteiger charge is -2.04. The third-order valence-electron chi connectivity index (χ3n) is 2.96. The number of anilines is 1. The molecule has 0 saturated carbocycles. The molecule has 0 saturated heterocycles. The molecule has 0 aliphatic rings. The summed E-state index contributed by atoms with van der Waals surface area (Å²) in [6.45, 7) is 3.38. The number of aromatic nitrogens is 4. The van der Waals surface area contributed by atoms with Crippen molar-refractivity contribution in [2.24, 2.45) is 0 Å². The molecule has 1 amide bonds. The summed E-state index contributed by atoms with van der Waals surface area (Å²) in [6, 6.07) is 1.30. The highest BCUT2D eigenvalue weighted by Crippen LogP contribution is 2.11. The normalized spacial score (nSPS) is 10.8. The monoisotopic (exact) mass is 317 g/mol. The first kappa shape index (κ1) is 14.1. The van der Waals surface area contributed by atoms with Crippen molar-refractivity contribution < 1.29 is 4.79 Å². The van der Waals surface area contributed by atoms with Gasteiger partial charge in [-0.05, 0) is 13.8 Å². The molecule has 22 heavy (non-hydrogen) atoms. The number of hydrogen-bond acceptors (Lipinski definition) is 6. The van der Waals surface area contributed by atoms with Crippen molar-refractivity contribution in [2.45, 2.75) is 13.8 Å². The maximum Gasteiger partial charge on any atom is 0.271 e. The number of aryl methyl sites for hydroxylation is 2. The van der Waals surface area contributed by atoms with E-state index in [2.05, 4.69) is 20.3 Å². The van der Waals surface area contributed by atoms with Gasteiger partial charge in [0.1, 0.15) is 5.56 Å². The standard InChI is InChI=1S/C13H11N5O3S/c1-6-3-9(19)16-12(15-6)17-10(20)8-4-14-13-18(11(8)21)7(2)5-22-13/h3-5H,1-2H3,(H2,15,16,17,19,20). The van der Waals surface area contributed by atoms with Crippen LogP contribution in [0.2, 0.25) is 0 Å². The Kier molecular flexibility index (Phi) is 3.33. The molecular formula is C13H11N5O3S. The molecule has 3 aromatic heterocycles. The second-order valence-electron chi connectivity index (χ2n) is 4.66. The predicted octanol–water partition coefficient (Wildman–Crippen LogP) is 0.708. The SMILES string of the molecule is Cc1cc(=O)[nH]c(NC(=O)c2cnc3scc(C)n3c2=O)n1. The fourth-order valence-corrected chi connectivity index (χ4v) is 2.82. The molecule has 0 unspecified atom stereocenters. The van der Waals surface area contributed by atoms with Crippen LogP contribution in [0.5, 0.6) is 0 Å². The van der Waals surface area contributed by atoms with Crippen LogP contribution >= 0.6 is 11.3 Å². The smallest absolute Gasteiger partial charge is 0.271 e. The number of rotatable bonds is 2. The fraction of sp³-hybridized carbons (Fsp3) is 0.154. The van der Waals surface area contributed by atoms with Gasteiger partial charge in [0.25, 0.3) is 17.0 Å². The molecule has 3 rings (SSSR count). The van der Waals surface area contributed by atoms with Crippen molar-refractivity contribution in [3.05, 3.63) is 55.3 Å². The number of hydrogen-bond donors (Lipinski definition) is 2. The summed E-state index contributed by atoms with van der Waals surface area (Å²) in [5.41, 5.74) is 0.188. The summed E-state index contributed by atoms with van der Waals surface area (Å²) in [5, 5.41) is 4.18. The maximum absolute atomic E-state index is 12.4. The van der Waals surface area contributed by atoms with E-state index >= 15 is 0 Å². The van der Waals surface area contributed by atoms with Gasteiger partial charge in [-0.1, -0.05) is 0 Å². The van der Waals surface area contributed by atoms with Gasteiger partial charge in [0.05, 0.1) is 0 Å². The Morgan fingerprint density at radius 1 is 1.36 bits per heavy atom. The Labute approximate surface area is 127 Å². The van der Waals surface area contributed by atoms with Crippen LogP contribution in [0.15, 0.2) is 27.2 Å². The molecule has 0 fully saturated rings. The van der Waals surface area contributed by atoms with Crippen LogP contribution in [0.1, 0.15) is 21.7 Å². The van der Waals surface area contributed by atoms with E-state index in [-0.39, 0.29) is 17.1 Å². The van der Waals surface area contributed by atoms with E-state index in [1.54, 1.807) is 19.2 Å². The second-order valence-corrected chi connectivity index (χ2v) is 5.50. The predicted molar refractivity (Wildman–Crippen MR) is 81.6 cm³/mol. The minimum Gasteiger partial charge on any atom is -0.292 e. The zero-order chi connectivity index (χ0) is 15.9. The summed E-state index contributed by atoms with van der Waals surface area (Å²) in [7, 11) is 0. The molecule has 3 heterocycles. The molecule has 0 bridgehead atoms. The van der Waals surface area contributed by atoms with E-state index in [1.165, 1.54) is 28.0 Å². The lowest BCUT2D eigenvalue weighted by atomic mass is 10.3. The number of carbonyl (C=O) groups excluding carboxylic acids is 1. The molecular weight excluding hydrogens is 306 g/mol. The van der Waals surface area contributed by atoms with Gasteiger partial charge in [-0.2, -0.15) is 0 Å².